The van der Waals surface area contributed by atoms with E-state index >= 15 is 0 Å². The molecule has 0 aromatic carbocycles. The summed E-state index contributed by atoms with van der Waals surface area (Å²) in [5.74, 6) is 6.27. The summed E-state index contributed by atoms with van der Waals surface area (Å²) in [7, 11) is 0. The van der Waals surface area contributed by atoms with Gasteiger partial charge in [-0.2, -0.15) is 0 Å². The van der Waals surface area contributed by atoms with Gasteiger partial charge >= 0.3 is 0 Å². The number of nitrogens with one attached hydrogen (secondary N) is 2. The molecule has 0 saturated heterocycles. The Kier molecular flexibility index (Phi) is 6.72. The van der Waals surface area contributed by atoms with Crippen LogP contribution >= 0.6 is 23.6 Å². The van der Waals surface area contributed by atoms with E-state index in [0.29, 0.717) is 11.8 Å². The number of hydrazine groups is 1. The second kappa shape index (κ2) is 8.55. The second-order valence-electron chi connectivity index (χ2n) is 5.63. The maximum atomic E-state index is 5.46. The average molecular weight is 340 g/mol. The minimum atomic E-state index is 0.366. The highest BCUT2D eigenvalue weighted by Crippen LogP contribution is 2.38. The van der Waals surface area contributed by atoms with E-state index in [0.717, 1.165) is 53.7 Å². The molecule has 2 rings (SSSR count). The van der Waals surface area contributed by atoms with Crippen LogP contribution in [0.5, 0.6) is 0 Å². The van der Waals surface area contributed by atoms with Gasteiger partial charge in [-0.3, -0.25) is 5.84 Å². The van der Waals surface area contributed by atoms with E-state index in [1.165, 1.54) is 5.70 Å². The standard InChI is InChI=1S/C15H25N5S2/c1-3-6-12(4-2)17-15-20-19-14(22-15)11-8-5-7-10(9-11)13(21)18-16/h6,10-11H,3-5,7-9,16H2,1-2H3,(H,17,20)(H,18,21)/b12-6+/t10?,11-/m0/s1. The summed E-state index contributed by atoms with van der Waals surface area (Å²) in [5, 5.41) is 14.1. The molecule has 0 amide bonds. The molecule has 1 aromatic heterocycles. The van der Waals surface area contributed by atoms with E-state index in [9.17, 15) is 0 Å². The number of hydrogen-bond donors (Lipinski definition) is 3. The summed E-state index contributed by atoms with van der Waals surface area (Å²) in [6.07, 6.45) is 8.65. The van der Waals surface area contributed by atoms with Gasteiger partial charge < -0.3 is 10.7 Å². The number of rotatable bonds is 6. The number of hydrogen-bond acceptors (Lipinski definition) is 6. The van der Waals surface area contributed by atoms with E-state index in [4.69, 9.17) is 18.1 Å². The summed E-state index contributed by atoms with van der Waals surface area (Å²) >= 11 is 6.96. The molecule has 1 unspecified atom stereocenters. The van der Waals surface area contributed by atoms with Crippen molar-refractivity contribution in [1.29, 1.82) is 0 Å². The summed E-state index contributed by atoms with van der Waals surface area (Å²) in [6.45, 7) is 4.28. The molecule has 1 aliphatic carbocycles. The Bertz CT molecular complexity index is 526. The fourth-order valence-corrected chi connectivity index (χ4v) is 4.03. The monoisotopic (exact) mass is 339 g/mol. The molecule has 1 aliphatic rings. The zero-order chi connectivity index (χ0) is 15.9. The lowest BCUT2D eigenvalue weighted by Gasteiger charge is -2.27. The fourth-order valence-electron chi connectivity index (χ4n) is 2.89. The third-order valence-electron chi connectivity index (χ3n) is 4.08. The molecular formula is C15H25N5S2. The Balaban J connectivity index is 2.01. The third kappa shape index (κ3) is 4.47. The molecule has 4 N–H and O–H groups in total. The van der Waals surface area contributed by atoms with Crippen LogP contribution in [-0.2, 0) is 0 Å². The van der Waals surface area contributed by atoms with E-state index in [1.54, 1.807) is 11.3 Å². The molecule has 0 spiro atoms. The van der Waals surface area contributed by atoms with Gasteiger partial charge in [-0.25, -0.2) is 0 Å². The maximum absolute atomic E-state index is 5.46. The van der Waals surface area contributed by atoms with Crippen LogP contribution in [0.4, 0.5) is 5.13 Å². The molecule has 7 heteroatoms. The summed E-state index contributed by atoms with van der Waals surface area (Å²) in [4.78, 5) is 0.770. The molecule has 0 bridgehead atoms. The zero-order valence-electron chi connectivity index (χ0n) is 13.3. The van der Waals surface area contributed by atoms with Crippen molar-refractivity contribution < 1.29 is 0 Å². The average Bonchev–Trinajstić information content (AvgIpc) is 3.02. The van der Waals surface area contributed by atoms with Crippen LogP contribution in [0.1, 0.15) is 63.3 Å². The molecule has 1 saturated carbocycles. The van der Waals surface area contributed by atoms with Crippen LogP contribution in [0.25, 0.3) is 0 Å². The van der Waals surface area contributed by atoms with Gasteiger partial charge in [0.2, 0.25) is 5.13 Å². The molecule has 0 radical (unpaired) electrons. The zero-order valence-corrected chi connectivity index (χ0v) is 14.9. The van der Waals surface area contributed by atoms with Gasteiger partial charge in [0, 0.05) is 17.5 Å². The number of thiocarbonyl (C=S) groups is 1. The largest absolute Gasteiger partial charge is 0.334 e. The van der Waals surface area contributed by atoms with Crippen molar-refractivity contribution in [3.05, 3.63) is 16.8 Å². The van der Waals surface area contributed by atoms with Gasteiger partial charge in [0.1, 0.15) is 5.01 Å². The second-order valence-corrected chi connectivity index (χ2v) is 7.08. The highest BCUT2D eigenvalue weighted by molar-refractivity contribution is 7.80. The van der Waals surface area contributed by atoms with E-state index < -0.39 is 0 Å². The van der Waals surface area contributed by atoms with Crippen molar-refractivity contribution in [2.75, 3.05) is 5.32 Å². The minimum Gasteiger partial charge on any atom is -0.334 e. The number of aromatic nitrogens is 2. The van der Waals surface area contributed by atoms with E-state index in [1.807, 2.05) is 0 Å². The van der Waals surface area contributed by atoms with Crippen molar-refractivity contribution in [2.24, 2.45) is 11.8 Å². The quantitative estimate of drug-likeness (QED) is 0.417. The molecule has 1 heterocycles. The van der Waals surface area contributed by atoms with Gasteiger partial charge in [-0.1, -0.05) is 49.9 Å². The van der Waals surface area contributed by atoms with Crippen LogP contribution in [0.2, 0.25) is 0 Å². The number of nitrogens with two attached hydrogens (primary N) is 1. The molecule has 2 atom stereocenters. The Morgan fingerprint density at radius 1 is 1.41 bits per heavy atom. The van der Waals surface area contributed by atoms with E-state index in [-0.39, 0.29) is 0 Å². The number of allylic oxidation sites excluding steroid dienone is 2. The molecule has 0 aliphatic heterocycles. The lowest BCUT2D eigenvalue weighted by molar-refractivity contribution is 0.385. The molecule has 1 aromatic rings. The van der Waals surface area contributed by atoms with Crippen LogP contribution in [0, 0.1) is 5.92 Å². The highest BCUT2D eigenvalue weighted by atomic mass is 32.1. The van der Waals surface area contributed by atoms with Gasteiger partial charge in [-0.05, 0) is 32.1 Å². The third-order valence-corrected chi connectivity index (χ3v) is 5.53. The minimum absolute atomic E-state index is 0.366. The first-order chi connectivity index (χ1) is 10.7. The van der Waals surface area contributed by atoms with Crippen molar-refractivity contribution in [2.45, 2.75) is 58.3 Å². The lowest BCUT2D eigenvalue weighted by atomic mass is 9.82. The van der Waals surface area contributed by atoms with Gasteiger partial charge in [0.15, 0.2) is 0 Å². The van der Waals surface area contributed by atoms with Crippen molar-refractivity contribution in [3.63, 3.8) is 0 Å². The van der Waals surface area contributed by atoms with Crippen LogP contribution in [0.3, 0.4) is 0 Å². The van der Waals surface area contributed by atoms with Crippen molar-refractivity contribution in [1.82, 2.24) is 15.6 Å². The van der Waals surface area contributed by atoms with Crippen LogP contribution in [-0.4, -0.2) is 15.2 Å². The Labute approximate surface area is 141 Å². The normalized spacial score (nSPS) is 22.4. The van der Waals surface area contributed by atoms with Crippen molar-refractivity contribution in [3.8, 4) is 0 Å². The molecule has 22 heavy (non-hydrogen) atoms. The first kappa shape index (κ1) is 17.3. The van der Waals surface area contributed by atoms with Gasteiger partial charge in [-0.15, -0.1) is 10.2 Å². The Hall–Kier alpha value is -1.05. The topological polar surface area (TPSA) is 75.9 Å². The summed E-state index contributed by atoms with van der Waals surface area (Å²) < 4.78 is 0. The van der Waals surface area contributed by atoms with Crippen LogP contribution < -0.4 is 16.6 Å². The predicted molar refractivity (Wildman–Crippen MR) is 96.8 cm³/mol. The number of nitrogens with zero attached hydrogens (tertiary/aromatic N) is 2. The lowest BCUT2D eigenvalue weighted by Crippen LogP contribution is -2.36. The summed E-state index contributed by atoms with van der Waals surface area (Å²) in [5.41, 5.74) is 3.85. The predicted octanol–water partition coefficient (Wildman–Crippen LogP) is 3.72. The first-order valence-corrected chi connectivity index (χ1v) is 9.20. The summed E-state index contributed by atoms with van der Waals surface area (Å²) in [6, 6.07) is 0. The molecule has 1 fully saturated rings. The molecule has 5 nitrogen and oxygen atoms in total. The Morgan fingerprint density at radius 2 is 2.23 bits per heavy atom. The van der Waals surface area contributed by atoms with Gasteiger partial charge in [0.25, 0.3) is 0 Å². The van der Waals surface area contributed by atoms with Crippen LogP contribution in [0.15, 0.2) is 11.8 Å². The Morgan fingerprint density at radius 3 is 2.91 bits per heavy atom. The highest BCUT2D eigenvalue weighted by Gasteiger charge is 2.28. The maximum Gasteiger partial charge on any atom is 0.209 e. The van der Waals surface area contributed by atoms with Gasteiger partial charge in [0.05, 0.1) is 4.99 Å². The van der Waals surface area contributed by atoms with E-state index in [2.05, 4.69) is 40.9 Å². The SMILES string of the molecule is CC/C=C(\CC)Nc1nnc([C@H]2CCCC(C(=S)NN)C2)s1. The van der Waals surface area contributed by atoms with Crippen molar-refractivity contribution >= 4 is 33.7 Å². The molecular weight excluding hydrogens is 314 g/mol. The first-order valence-electron chi connectivity index (χ1n) is 7.97. The smallest absolute Gasteiger partial charge is 0.209 e. The fraction of sp³-hybridized carbons (Fsp3) is 0.667. The molecule has 122 valence electrons. The number of anilines is 1.